The normalized spacial score (nSPS) is 11.4. The minimum atomic E-state index is -0.594. The maximum absolute atomic E-state index is 13.2. The zero-order chi connectivity index (χ0) is 19.1. The molecule has 3 aromatic rings. The molecule has 4 heteroatoms. The van der Waals surface area contributed by atoms with Crippen molar-refractivity contribution in [3.8, 4) is 11.1 Å². The number of nitrogens with zero attached hydrogens (tertiary/aromatic N) is 1. The molecule has 0 aliphatic rings. The molecule has 134 valence electrons. The zero-order valence-corrected chi connectivity index (χ0v) is 15.7. The second-order valence-electron chi connectivity index (χ2n) is 6.07. The van der Waals surface area contributed by atoms with Crippen molar-refractivity contribution in [2.75, 3.05) is 6.54 Å². The van der Waals surface area contributed by atoms with Crippen LogP contribution < -0.4 is 9.88 Å². The van der Waals surface area contributed by atoms with E-state index in [-0.39, 0.29) is 5.78 Å². The predicted molar refractivity (Wildman–Crippen MR) is 113 cm³/mol. The molecular weight excluding hydrogens is 352 g/mol. The number of nitrogens with one attached hydrogen (secondary N) is 1. The van der Waals surface area contributed by atoms with Gasteiger partial charge in [0.25, 0.3) is 6.04 Å². The number of carbonyl (C=O) groups excluding carboxylic acids is 1. The Bertz CT molecular complexity index is 922. The number of ketones is 1. The Labute approximate surface area is 165 Å². The van der Waals surface area contributed by atoms with E-state index in [9.17, 15) is 4.79 Å². The van der Waals surface area contributed by atoms with Gasteiger partial charge in [-0.1, -0.05) is 79.0 Å². The van der Waals surface area contributed by atoms with Crippen LogP contribution in [0.4, 0.5) is 0 Å². The highest BCUT2D eigenvalue weighted by atomic mass is 32.1. The van der Waals surface area contributed by atoms with E-state index in [1.165, 1.54) is 0 Å². The summed E-state index contributed by atoms with van der Waals surface area (Å²) in [7, 11) is 0. The van der Waals surface area contributed by atoms with Crippen LogP contribution in [0.25, 0.3) is 11.1 Å². The van der Waals surface area contributed by atoms with Gasteiger partial charge in [-0.3, -0.25) is 4.79 Å². The lowest BCUT2D eigenvalue weighted by Gasteiger charge is -2.14. The van der Waals surface area contributed by atoms with E-state index < -0.39 is 6.04 Å². The molecule has 0 fully saturated rings. The van der Waals surface area contributed by atoms with Crippen LogP contribution in [-0.2, 0) is 0 Å². The van der Waals surface area contributed by atoms with E-state index >= 15 is 0 Å². The average Bonchev–Trinajstić information content (AvgIpc) is 2.74. The van der Waals surface area contributed by atoms with Crippen LogP contribution in [-0.4, -0.2) is 17.3 Å². The lowest BCUT2D eigenvalue weighted by atomic mass is 9.99. The minimum Gasteiger partial charge on any atom is -0.370 e. The topological polar surface area (TPSA) is 33.0 Å². The zero-order valence-electron chi connectivity index (χ0n) is 14.9. The first-order valence-corrected chi connectivity index (χ1v) is 9.15. The third kappa shape index (κ3) is 4.54. The quantitative estimate of drug-likeness (QED) is 0.292. The molecule has 0 aliphatic heterocycles. The van der Waals surface area contributed by atoms with Gasteiger partial charge in [0, 0.05) is 24.2 Å². The van der Waals surface area contributed by atoms with Crippen LogP contribution in [0.1, 0.15) is 16.4 Å². The molecule has 1 atom stereocenters. The van der Waals surface area contributed by atoms with Crippen molar-refractivity contribution in [2.45, 2.75) is 6.04 Å². The standard InChI is InChI=1S/C23H20N2OS/c1-2-15-24-23(27)21(25-16-7-4-8-17-25)22(26)20-13-11-19(12-14-20)18-9-5-3-6-10-18/h2-14,16-17,21H,1,15H2/p+1. The first kappa shape index (κ1) is 18.7. The van der Waals surface area contributed by atoms with E-state index in [0.717, 1.165) is 11.1 Å². The molecule has 0 spiro atoms. The fourth-order valence-corrected chi connectivity index (χ4v) is 3.17. The van der Waals surface area contributed by atoms with Gasteiger partial charge in [-0.2, -0.15) is 4.57 Å². The number of hydrogen-bond donors (Lipinski definition) is 1. The molecule has 27 heavy (non-hydrogen) atoms. The Balaban J connectivity index is 1.89. The SMILES string of the molecule is C=CCNC(=S)C(C(=O)c1ccc(-c2ccccc2)cc1)[n+]1ccccc1. The first-order valence-electron chi connectivity index (χ1n) is 8.75. The van der Waals surface area contributed by atoms with Crippen molar-refractivity contribution in [3.05, 3.63) is 103 Å². The van der Waals surface area contributed by atoms with Gasteiger partial charge in [-0.15, -0.1) is 6.58 Å². The monoisotopic (exact) mass is 373 g/mol. The summed E-state index contributed by atoms with van der Waals surface area (Å²) in [5.74, 6) is -0.0487. The molecule has 0 saturated carbocycles. The third-order valence-electron chi connectivity index (χ3n) is 4.23. The molecule has 3 rings (SSSR count). The Morgan fingerprint density at radius 3 is 2.19 bits per heavy atom. The van der Waals surface area contributed by atoms with E-state index in [2.05, 4.69) is 11.9 Å². The first-order chi connectivity index (χ1) is 13.2. The minimum absolute atomic E-state index is 0.0487. The molecule has 1 aromatic heterocycles. The van der Waals surface area contributed by atoms with Gasteiger partial charge in [0.05, 0.1) is 0 Å². The fraction of sp³-hybridized carbons (Fsp3) is 0.0870. The summed E-state index contributed by atoms with van der Waals surface area (Å²) in [6, 6.07) is 22.8. The summed E-state index contributed by atoms with van der Waals surface area (Å²) < 4.78 is 1.83. The smallest absolute Gasteiger partial charge is 0.270 e. The number of thiocarbonyl (C=S) groups is 1. The van der Waals surface area contributed by atoms with Gasteiger partial charge in [0.2, 0.25) is 5.78 Å². The third-order valence-corrected chi connectivity index (χ3v) is 4.60. The van der Waals surface area contributed by atoms with E-state index in [1.54, 1.807) is 6.08 Å². The number of pyridine rings is 1. The molecule has 0 amide bonds. The fourth-order valence-electron chi connectivity index (χ4n) is 2.86. The number of aromatic nitrogens is 1. The molecular formula is C23H21N2OS+. The maximum Gasteiger partial charge on any atom is 0.270 e. The highest BCUT2D eigenvalue weighted by molar-refractivity contribution is 7.80. The van der Waals surface area contributed by atoms with Crippen LogP contribution in [0, 0.1) is 0 Å². The molecule has 1 unspecified atom stereocenters. The molecule has 0 radical (unpaired) electrons. The van der Waals surface area contributed by atoms with Crippen LogP contribution in [0.5, 0.6) is 0 Å². The van der Waals surface area contributed by atoms with Crippen molar-refractivity contribution >= 4 is 23.0 Å². The van der Waals surface area contributed by atoms with Gasteiger partial charge < -0.3 is 5.32 Å². The van der Waals surface area contributed by atoms with Crippen molar-refractivity contribution in [1.82, 2.24) is 5.32 Å². The van der Waals surface area contributed by atoms with E-state index in [4.69, 9.17) is 12.2 Å². The Morgan fingerprint density at radius 2 is 1.56 bits per heavy atom. The van der Waals surface area contributed by atoms with Crippen molar-refractivity contribution in [1.29, 1.82) is 0 Å². The van der Waals surface area contributed by atoms with Gasteiger partial charge in [0.1, 0.15) is 0 Å². The molecule has 1 N–H and O–H groups in total. The van der Waals surface area contributed by atoms with E-state index in [1.807, 2.05) is 89.8 Å². The molecule has 0 saturated heterocycles. The average molecular weight is 374 g/mol. The Hall–Kier alpha value is -3.11. The summed E-state index contributed by atoms with van der Waals surface area (Å²) in [6.07, 6.45) is 5.42. The predicted octanol–water partition coefficient (Wildman–Crippen LogP) is 4.17. The Kier molecular flexibility index (Phi) is 6.23. The van der Waals surface area contributed by atoms with Gasteiger partial charge in [-0.05, 0) is 11.1 Å². The summed E-state index contributed by atoms with van der Waals surface area (Å²) in [5, 5.41) is 3.09. The molecule has 1 heterocycles. The van der Waals surface area contributed by atoms with Crippen LogP contribution in [0.2, 0.25) is 0 Å². The summed E-state index contributed by atoms with van der Waals surface area (Å²) in [6.45, 7) is 4.21. The number of hydrogen-bond acceptors (Lipinski definition) is 2. The van der Waals surface area contributed by atoms with Crippen molar-refractivity contribution in [2.24, 2.45) is 0 Å². The van der Waals surface area contributed by atoms with Crippen LogP contribution in [0.3, 0.4) is 0 Å². The summed E-state index contributed by atoms with van der Waals surface area (Å²) >= 11 is 5.50. The maximum atomic E-state index is 13.2. The van der Waals surface area contributed by atoms with Gasteiger partial charge in [-0.25, -0.2) is 0 Å². The number of rotatable bonds is 7. The van der Waals surface area contributed by atoms with Gasteiger partial charge in [0.15, 0.2) is 17.4 Å². The summed E-state index contributed by atoms with van der Waals surface area (Å²) in [4.78, 5) is 13.7. The molecule has 0 bridgehead atoms. The van der Waals surface area contributed by atoms with Crippen molar-refractivity contribution in [3.63, 3.8) is 0 Å². The van der Waals surface area contributed by atoms with Gasteiger partial charge >= 0.3 is 0 Å². The molecule has 2 aromatic carbocycles. The number of benzene rings is 2. The highest BCUT2D eigenvalue weighted by Gasteiger charge is 2.32. The molecule has 0 aliphatic carbocycles. The highest BCUT2D eigenvalue weighted by Crippen LogP contribution is 2.20. The van der Waals surface area contributed by atoms with E-state index in [0.29, 0.717) is 17.1 Å². The lowest BCUT2D eigenvalue weighted by molar-refractivity contribution is -0.692. The summed E-state index contributed by atoms with van der Waals surface area (Å²) in [5.41, 5.74) is 2.82. The lowest BCUT2D eigenvalue weighted by Crippen LogP contribution is -2.51. The Morgan fingerprint density at radius 1 is 0.963 bits per heavy atom. The van der Waals surface area contributed by atoms with Crippen molar-refractivity contribution < 1.29 is 9.36 Å². The van der Waals surface area contributed by atoms with Crippen LogP contribution in [0.15, 0.2) is 97.8 Å². The number of Topliss-reactive ketones (excluding diaryl/α,β-unsaturated/α-hetero) is 1. The number of carbonyl (C=O) groups is 1. The second kappa shape index (κ2) is 9.01. The largest absolute Gasteiger partial charge is 0.370 e. The second-order valence-corrected chi connectivity index (χ2v) is 6.51. The van der Waals surface area contributed by atoms with Crippen LogP contribution >= 0.6 is 12.2 Å². The molecule has 3 nitrogen and oxygen atoms in total.